The second-order valence-corrected chi connectivity index (χ2v) is 10.7. The minimum Gasteiger partial charge on any atom is -0.380 e. The lowest BCUT2D eigenvalue weighted by Crippen LogP contribution is -2.42. The molecule has 3 heterocycles. The Balaban J connectivity index is 1.28. The summed E-state index contributed by atoms with van der Waals surface area (Å²) in [5.41, 5.74) is 2.96. The molecule has 3 aromatic rings. The fourth-order valence-corrected chi connectivity index (χ4v) is 6.20. The first-order chi connectivity index (χ1) is 18.1. The number of carbonyl (C=O) groups excluding carboxylic acids is 1. The Morgan fingerprint density at radius 2 is 1.95 bits per heavy atom. The van der Waals surface area contributed by atoms with Crippen LogP contribution < -0.4 is 5.32 Å². The van der Waals surface area contributed by atoms with Crippen molar-refractivity contribution in [3.63, 3.8) is 0 Å². The number of ether oxygens (including phenoxy) is 1. The molecule has 1 aromatic heterocycles. The highest BCUT2D eigenvalue weighted by atomic mass is 35.5. The van der Waals surface area contributed by atoms with Crippen molar-refractivity contribution in [1.29, 1.82) is 0 Å². The molecular formula is C30H37ClN4O2. The minimum absolute atomic E-state index is 0.233. The second kappa shape index (κ2) is 11.4. The van der Waals surface area contributed by atoms with Crippen LogP contribution in [0.5, 0.6) is 0 Å². The summed E-state index contributed by atoms with van der Waals surface area (Å²) in [6, 6.07) is 16.5. The van der Waals surface area contributed by atoms with Crippen LogP contribution in [0.3, 0.4) is 0 Å². The summed E-state index contributed by atoms with van der Waals surface area (Å²) >= 11 is 6.26. The zero-order chi connectivity index (χ0) is 25.8. The highest BCUT2D eigenvalue weighted by Gasteiger charge is 2.45. The largest absolute Gasteiger partial charge is 0.380 e. The van der Waals surface area contributed by atoms with Gasteiger partial charge >= 0.3 is 0 Å². The van der Waals surface area contributed by atoms with Gasteiger partial charge in [-0.25, -0.2) is 4.98 Å². The number of nitrogens with zero attached hydrogens (tertiary/aromatic N) is 3. The predicted molar refractivity (Wildman–Crippen MR) is 148 cm³/mol. The fourth-order valence-electron chi connectivity index (χ4n) is 6.07. The second-order valence-electron chi connectivity index (χ2n) is 10.3. The van der Waals surface area contributed by atoms with Gasteiger partial charge in [0.15, 0.2) is 0 Å². The maximum Gasteiger partial charge on any atom is 0.222 e. The third-order valence-corrected chi connectivity index (χ3v) is 8.50. The number of halogens is 1. The van der Waals surface area contributed by atoms with Crippen molar-refractivity contribution in [2.45, 2.75) is 50.7 Å². The number of hydrogen-bond donors (Lipinski definition) is 1. The van der Waals surface area contributed by atoms with Crippen LogP contribution in [-0.2, 0) is 15.1 Å². The molecule has 1 fully saturated rings. The molecule has 5 rings (SSSR count). The molecule has 2 aliphatic heterocycles. The van der Waals surface area contributed by atoms with Crippen LogP contribution >= 0.6 is 11.6 Å². The summed E-state index contributed by atoms with van der Waals surface area (Å²) < 4.78 is 7.71. The van der Waals surface area contributed by atoms with E-state index in [-0.39, 0.29) is 12.0 Å². The number of piperidine rings is 1. The molecule has 0 radical (unpaired) electrons. The number of amides is 1. The summed E-state index contributed by atoms with van der Waals surface area (Å²) in [5.74, 6) is 1.79. The van der Waals surface area contributed by atoms with Crippen LogP contribution in [0.15, 0.2) is 60.9 Å². The minimum atomic E-state index is -0.484. The number of hydrogen-bond acceptors (Lipinski definition) is 4. The zero-order valence-electron chi connectivity index (χ0n) is 21.8. The van der Waals surface area contributed by atoms with E-state index in [4.69, 9.17) is 16.3 Å². The van der Waals surface area contributed by atoms with E-state index in [1.54, 1.807) is 7.11 Å². The van der Waals surface area contributed by atoms with Gasteiger partial charge in [0, 0.05) is 56.1 Å². The molecule has 2 aromatic carbocycles. The molecule has 2 unspecified atom stereocenters. The third-order valence-electron chi connectivity index (χ3n) is 8.25. The zero-order valence-corrected chi connectivity index (χ0v) is 22.6. The Hall–Kier alpha value is -2.67. The van der Waals surface area contributed by atoms with Gasteiger partial charge in [0.25, 0.3) is 0 Å². The number of rotatable bonds is 10. The summed E-state index contributed by atoms with van der Waals surface area (Å²) in [5, 5.41) is 4.27. The Labute approximate surface area is 225 Å². The molecule has 196 valence electrons. The van der Waals surface area contributed by atoms with Crippen molar-refractivity contribution >= 4 is 17.5 Å². The molecule has 1 saturated heterocycles. The standard InChI is InChI=1S/C30H37ClN4O2/c1-3-25(37-2)21-32-20-22-13-17-34(18-14-22)28(36)12-15-30(23-8-10-24(31)11-9-23)27-7-5-4-6-26(27)29-33-16-19-35(29)30/h4-11,16,19,22,25,32H,3,12-15,17-18,20-21H2,1-2H3. The van der Waals surface area contributed by atoms with Crippen LogP contribution in [0.4, 0.5) is 0 Å². The molecule has 0 bridgehead atoms. The molecule has 7 heteroatoms. The number of aromatic nitrogens is 2. The van der Waals surface area contributed by atoms with E-state index < -0.39 is 5.54 Å². The van der Waals surface area contributed by atoms with Crippen molar-refractivity contribution in [2.24, 2.45) is 5.92 Å². The Morgan fingerprint density at radius 1 is 1.19 bits per heavy atom. The lowest BCUT2D eigenvalue weighted by molar-refractivity contribution is -0.133. The average molecular weight is 521 g/mol. The Kier molecular flexibility index (Phi) is 7.98. The van der Waals surface area contributed by atoms with Crippen molar-refractivity contribution in [3.8, 4) is 11.4 Å². The van der Waals surface area contributed by atoms with Gasteiger partial charge in [0.2, 0.25) is 5.91 Å². The molecule has 0 spiro atoms. The van der Waals surface area contributed by atoms with Gasteiger partial charge in [-0.1, -0.05) is 54.9 Å². The Morgan fingerprint density at radius 3 is 2.68 bits per heavy atom. The smallest absolute Gasteiger partial charge is 0.222 e. The van der Waals surface area contributed by atoms with Crippen molar-refractivity contribution in [3.05, 3.63) is 77.1 Å². The van der Waals surface area contributed by atoms with Crippen LogP contribution in [-0.4, -0.2) is 59.8 Å². The van der Waals surface area contributed by atoms with Gasteiger partial charge in [-0.05, 0) is 61.4 Å². The SMILES string of the molecule is CCC(CNCC1CCN(C(=O)CCC2(c3ccc(Cl)cc3)c3ccccc3-c3nccn32)CC1)OC. The van der Waals surface area contributed by atoms with Gasteiger partial charge in [0.1, 0.15) is 5.82 Å². The quantitative estimate of drug-likeness (QED) is 0.392. The Bertz CT molecular complexity index is 1200. The lowest BCUT2D eigenvalue weighted by atomic mass is 9.79. The first-order valence-corrected chi connectivity index (χ1v) is 13.9. The number of fused-ring (bicyclic) bond motifs is 3. The summed E-state index contributed by atoms with van der Waals surface area (Å²) in [7, 11) is 1.77. The van der Waals surface area contributed by atoms with E-state index >= 15 is 0 Å². The van der Waals surface area contributed by atoms with Crippen LogP contribution in [0.25, 0.3) is 11.4 Å². The highest BCUT2D eigenvalue weighted by molar-refractivity contribution is 6.30. The van der Waals surface area contributed by atoms with Crippen molar-refractivity contribution in [1.82, 2.24) is 19.8 Å². The first kappa shape index (κ1) is 26.0. The van der Waals surface area contributed by atoms with E-state index in [1.165, 1.54) is 5.56 Å². The number of nitrogens with one attached hydrogen (secondary N) is 1. The fraction of sp³-hybridized carbons (Fsp3) is 0.467. The molecule has 2 atom stereocenters. The lowest BCUT2D eigenvalue weighted by Gasteiger charge is -2.36. The molecule has 2 aliphatic rings. The molecular weight excluding hydrogens is 484 g/mol. The molecule has 1 N–H and O–H groups in total. The number of methoxy groups -OCH3 is 1. The monoisotopic (exact) mass is 520 g/mol. The third kappa shape index (κ3) is 5.07. The van der Waals surface area contributed by atoms with E-state index in [2.05, 4.69) is 63.1 Å². The van der Waals surface area contributed by atoms with Gasteiger partial charge in [-0.3, -0.25) is 4.79 Å². The number of imidazole rings is 1. The number of carbonyl (C=O) groups is 1. The van der Waals surface area contributed by atoms with Gasteiger partial charge in [0.05, 0.1) is 11.6 Å². The normalized spacial score (nSPS) is 20.0. The van der Waals surface area contributed by atoms with E-state index in [0.717, 1.165) is 62.4 Å². The van der Waals surface area contributed by atoms with Gasteiger partial charge in [-0.2, -0.15) is 0 Å². The first-order valence-electron chi connectivity index (χ1n) is 13.5. The van der Waals surface area contributed by atoms with Gasteiger partial charge in [-0.15, -0.1) is 0 Å². The topological polar surface area (TPSA) is 59.4 Å². The molecule has 37 heavy (non-hydrogen) atoms. The maximum absolute atomic E-state index is 13.5. The molecule has 0 saturated carbocycles. The van der Waals surface area contributed by atoms with E-state index in [9.17, 15) is 4.79 Å². The van der Waals surface area contributed by atoms with Crippen LogP contribution in [0.2, 0.25) is 5.02 Å². The number of likely N-dealkylation sites (tertiary alicyclic amines) is 1. The number of benzene rings is 2. The van der Waals surface area contributed by atoms with Gasteiger partial charge < -0.3 is 19.5 Å². The summed E-state index contributed by atoms with van der Waals surface area (Å²) in [6.45, 7) is 5.67. The summed E-state index contributed by atoms with van der Waals surface area (Å²) in [4.78, 5) is 20.2. The highest BCUT2D eigenvalue weighted by Crippen LogP contribution is 2.49. The predicted octanol–water partition coefficient (Wildman–Crippen LogP) is 5.34. The molecule has 1 amide bonds. The maximum atomic E-state index is 13.5. The summed E-state index contributed by atoms with van der Waals surface area (Å²) in [6.07, 6.45) is 8.41. The van der Waals surface area contributed by atoms with Crippen molar-refractivity contribution < 1.29 is 9.53 Å². The van der Waals surface area contributed by atoms with Crippen LogP contribution in [0.1, 0.15) is 50.2 Å². The van der Waals surface area contributed by atoms with E-state index in [1.807, 2.05) is 24.5 Å². The molecule has 0 aliphatic carbocycles. The average Bonchev–Trinajstić information content (AvgIpc) is 3.52. The van der Waals surface area contributed by atoms with Crippen LogP contribution in [0, 0.1) is 5.92 Å². The van der Waals surface area contributed by atoms with Crippen molar-refractivity contribution in [2.75, 3.05) is 33.3 Å². The van der Waals surface area contributed by atoms with E-state index in [0.29, 0.717) is 23.8 Å². The molecule has 6 nitrogen and oxygen atoms in total.